The van der Waals surface area contributed by atoms with Gasteiger partial charge in [-0.15, -0.1) is 4.91 Å². The van der Waals surface area contributed by atoms with Gasteiger partial charge in [-0.1, -0.05) is 165 Å². The number of likely N-dealkylation sites (tertiary alicyclic amines) is 2. The smallest absolute Gasteiger partial charge is 0.188 e. The third-order valence-corrected chi connectivity index (χ3v) is 25.4. The number of aromatic amines is 1. The van der Waals surface area contributed by atoms with Gasteiger partial charge in [-0.05, 0) is 142 Å². The molecule has 6 aliphatic heterocycles. The number of aliphatic hydroxyl groups excluding tert-OH is 3. The van der Waals surface area contributed by atoms with Gasteiger partial charge in [0.15, 0.2) is 37.6 Å². The van der Waals surface area contributed by atoms with Gasteiger partial charge < -0.3 is 60.0 Å². The van der Waals surface area contributed by atoms with Crippen LogP contribution in [0.1, 0.15) is 103 Å². The van der Waals surface area contributed by atoms with Gasteiger partial charge in [-0.3, -0.25) is 29.1 Å². The number of morpholine rings is 1. The summed E-state index contributed by atoms with van der Waals surface area (Å²) in [4.78, 5) is 89.0. The van der Waals surface area contributed by atoms with Crippen molar-refractivity contribution in [3.05, 3.63) is 231 Å². The number of hydrogen-bond donors (Lipinski definition) is 8. The lowest BCUT2D eigenvalue weighted by Crippen LogP contribution is -2.38. The number of ketones is 3. The van der Waals surface area contributed by atoms with E-state index in [9.17, 15) is 49.9 Å². The minimum Gasteiger partial charge on any atom is -0.499 e. The Hall–Kier alpha value is -11.9. The molecule has 612 valence electrons. The quantitative estimate of drug-likeness (QED) is 0.0128. The number of H-pyrrole nitrogens is 1. The number of aromatic hydroxyl groups is 4. The van der Waals surface area contributed by atoms with Gasteiger partial charge in [0, 0.05) is 117 Å². The molecule has 0 spiro atoms. The molecule has 0 saturated carbocycles. The number of para-hydroxylation sites is 1. The van der Waals surface area contributed by atoms with E-state index in [0.717, 1.165) is 116 Å². The van der Waals surface area contributed by atoms with Crippen LogP contribution in [0.5, 0.6) is 20.3 Å². The zero-order chi connectivity index (χ0) is 82.8. The van der Waals surface area contributed by atoms with Gasteiger partial charge in [-0.25, -0.2) is 15.0 Å². The molecule has 0 amide bonds. The van der Waals surface area contributed by atoms with Crippen LogP contribution < -0.4 is 0 Å². The summed E-state index contributed by atoms with van der Waals surface area (Å²) < 4.78 is 9.18. The Bertz CT molecular complexity index is 6060. The monoisotopic (exact) mass is 1690 g/mol. The largest absolute Gasteiger partial charge is 0.499 e. The first-order chi connectivity index (χ1) is 58.7. The number of ether oxygens (including phenoxy) is 1. The lowest BCUT2D eigenvalue weighted by atomic mass is 9.99. The van der Waals surface area contributed by atoms with Crippen LogP contribution in [0.4, 0.5) is 22.7 Å². The SMILES string of the molecule is O=C(CO)c1ccc2c(c1)/C(=N\OCCN1CCCCC1)C(c1c(O)sc3ccccc13)=N2.O=C(CO)c1ccc2c(c1)/C(=N\OCCN1CCOCC1)C(c1c(O)sc3ccccc13)=N2.O=Nc1c(-c2c(O)sc3ccccc23)[nH]c2ccc(C(=O)CO)cc12.Oc1sc2ccccc2c1C1=Nc2ccccc2/C1=N\OCCN1CCCCC1. The maximum Gasteiger partial charge on any atom is 0.188 e. The van der Waals surface area contributed by atoms with E-state index in [4.69, 9.17) is 39.3 Å². The topological polar surface area (TPSA) is 359 Å². The number of benzene rings is 8. The number of fused-ring (bicyclic) bond motifs is 8. The highest BCUT2D eigenvalue weighted by Gasteiger charge is 2.34. The summed E-state index contributed by atoms with van der Waals surface area (Å²) in [5.41, 5.74) is 12.3. The molecule has 3 saturated heterocycles. The van der Waals surface area contributed by atoms with Crippen molar-refractivity contribution in [1.82, 2.24) is 19.7 Å². The third kappa shape index (κ3) is 17.5. The van der Waals surface area contributed by atoms with Gasteiger partial charge in [0.25, 0.3) is 0 Å². The summed E-state index contributed by atoms with van der Waals surface area (Å²) in [6.07, 6.45) is 7.57. The van der Waals surface area contributed by atoms with Crippen LogP contribution in [0, 0.1) is 4.91 Å². The van der Waals surface area contributed by atoms with Gasteiger partial charge in [0.2, 0.25) is 0 Å². The van der Waals surface area contributed by atoms with E-state index in [1.54, 1.807) is 48.5 Å². The highest BCUT2D eigenvalue weighted by atomic mass is 32.1. The van der Waals surface area contributed by atoms with E-state index >= 15 is 0 Å². The number of nitrogens with one attached hydrogen (secondary N) is 1. The molecule has 26 nitrogen and oxygen atoms in total. The van der Waals surface area contributed by atoms with Gasteiger partial charge in [-0.2, -0.15) is 0 Å². The number of hydrogen-bond acceptors (Lipinski definition) is 29. The zero-order valence-electron chi connectivity index (χ0n) is 65.0. The van der Waals surface area contributed by atoms with Crippen LogP contribution in [0.15, 0.2) is 212 Å². The van der Waals surface area contributed by atoms with Crippen molar-refractivity contribution in [2.45, 2.75) is 38.5 Å². The molecule has 8 aromatic carbocycles. The molecular formula is C90H83N11O15S4. The van der Waals surface area contributed by atoms with Crippen molar-refractivity contribution < 1.29 is 69.4 Å². The molecule has 13 aromatic rings. The first-order valence-corrected chi connectivity index (χ1v) is 42.8. The Kier molecular flexibility index (Phi) is 25.6. The van der Waals surface area contributed by atoms with Gasteiger partial charge >= 0.3 is 0 Å². The number of thiophene rings is 4. The highest BCUT2D eigenvalue weighted by Crippen LogP contribution is 2.50. The van der Waals surface area contributed by atoms with E-state index in [1.165, 1.54) is 89.9 Å². The molecule has 8 N–H and O–H groups in total. The van der Waals surface area contributed by atoms with Gasteiger partial charge in [0.1, 0.15) is 79.6 Å². The number of rotatable bonds is 23. The van der Waals surface area contributed by atoms with E-state index in [1.807, 2.05) is 121 Å². The van der Waals surface area contributed by atoms with E-state index in [0.29, 0.717) is 140 Å². The summed E-state index contributed by atoms with van der Waals surface area (Å²) in [6, 6.07) is 53.7. The second-order valence-electron chi connectivity index (χ2n) is 29.0. The Balaban J connectivity index is 0.000000120. The second-order valence-corrected chi connectivity index (χ2v) is 33.1. The molecule has 0 aliphatic carbocycles. The third-order valence-electron chi connectivity index (χ3n) is 21.5. The number of piperidine rings is 2. The van der Waals surface area contributed by atoms with Crippen LogP contribution in [0.2, 0.25) is 0 Å². The number of aromatic nitrogens is 1. The van der Waals surface area contributed by atoms with Crippen LogP contribution in [-0.4, -0.2) is 219 Å². The van der Waals surface area contributed by atoms with Crippen molar-refractivity contribution in [2.75, 3.05) is 112 Å². The molecule has 11 heterocycles. The number of aliphatic hydroxyl groups is 3. The van der Waals surface area contributed by atoms with Crippen LogP contribution in [0.25, 0.3) is 62.5 Å². The Morgan fingerprint density at radius 2 is 0.750 bits per heavy atom. The number of carbonyl (C=O) groups excluding carboxylic acids is 3. The predicted octanol–water partition coefficient (Wildman–Crippen LogP) is 16.4. The number of carbonyl (C=O) groups is 3. The maximum atomic E-state index is 12.1. The summed E-state index contributed by atoms with van der Waals surface area (Å²) in [5.74, 6) is -1.20. The fraction of sp³-hybridized carbons (Fsp3) is 0.256. The Morgan fingerprint density at radius 3 is 1.17 bits per heavy atom. The minimum absolute atomic E-state index is 0.0873. The molecule has 0 bridgehead atoms. The van der Waals surface area contributed by atoms with Crippen molar-refractivity contribution in [2.24, 2.45) is 35.6 Å². The molecule has 0 atom stereocenters. The normalized spacial score (nSPS) is 16.3. The molecule has 5 aromatic heterocycles. The number of oxime groups is 3. The Labute approximate surface area is 703 Å². The fourth-order valence-corrected chi connectivity index (χ4v) is 19.2. The fourth-order valence-electron chi connectivity index (χ4n) is 15.5. The van der Waals surface area contributed by atoms with Crippen LogP contribution in [0.3, 0.4) is 0 Å². The molecule has 6 aliphatic rings. The molecule has 19 rings (SSSR count). The van der Waals surface area contributed by atoms with Crippen molar-refractivity contribution in [3.8, 4) is 31.5 Å². The number of nitrogens with zero attached hydrogens (tertiary/aromatic N) is 10. The average molecular weight is 1690 g/mol. The van der Waals surface area contributed by atoms with E-state index < -0.39 is 25.6 Å². The molecule has 30 heteroatoms. The first kappa shape index (κ1) is 81.8. The van der Waals surface area contributed by atoms with Crippen LogP contribution >= 0.6 is 45.3 Å². The standard InChI is InChI=1S/C25H25N3O4S.C24H23N3O5S.C23H23N3O2S.C18H12N2O4S/c29-15-20(30)16-8-9-19-18(14-16)23(27-32-13-12-28-10-4-1-5-11-28)24(26-19)22-17-6-2-3-7-21(17)33-25(22)31;28-14-19(29)15-5-6-18-17(13-15)22(26-32-12-9-27-7-10-31-11-8-27)23(25-18)21-16-3-1-2-4-20(16)33-24(21)30;27-23-20(17-9-3-5-11-19(17)29-23)22-21(16-8-2-4-10-18(16)24-22)25-28-15-14-26-12-6-1-7-13-26;21-8-13(22)9-5-6-12-11(7-9)16(20-24)17(19-12)15-10-3-1-2-4-14(10)25-18(15)23/h2-3,6-9,14,29,31H,1,4-5,10-13,15H2;1-6,13,28,30H,7-12,14H2;2-5,8-11,27H,1,6-7,12-15H2;1-7,19,21,23H,8H2/b27-23+;26-22+;25-21+;. The average Bonchev–Trinajstić information content (AvgIpc) is 1.62. The van der Waals surface area contributed by atoms with Crippen LogP contribution in [-0.2, 0) is 19.2 Å². The predicted molar refractivity (Wildman–Crippen MR) is 474 cm³/mol. The maximum absolute atomic E-state index is 12.1. The number of nitroso groups, excluding NO2 is 1. The molecule has 0 unspecified atom stereocenters. The van der Waals surface area contributed by atoms with Gasteiger partial charge in [0.05, 0.1) is 58.2 Å². The van der Waals surface area contributed by atoms with Crippen molar-refractivity contribution >= 4 is 171 Å². The molecule has 0 radical (unpaired) electrons. The minimum atomic E-state index is -0.609. The summed E-state index contributed by atoms with van der Waals surface area (Å²) >= 11 is 5.15. The highest BCUT2D eigenvalue weighted by molar-refractivity contribution is 7.22. The number of Topliss-reactive ketones (excluding diaryl/α,β-unsaturated/α-hetero) is 3. The Morgan fingerprint density at radius 1 is 0.400 bits per heavy atom. The number of aliphatic imine (C=N–C) groups is 3. The molecule has 120 heavy (non-hydrogen) atoms. The lowest BCUT2D eigenvalue weighted by Gasteiger charge is -2.25. The summed E-state index contributed by atoms with van der Waals surface area (Å²) in [6.45, 7) is 9.61. The van der Waals surface area contributed by atoms with E-state index in [2.05, 4.69) is 40.3 Å². The zero-order valence-corrected chi connectivity index (χ0v) is 68.3. The van der Waals surface area contributed by atoms with E-state index in [-0.39, 0.29) is 37.5 Å². The summed E-state index contributed by atoms with van der Waals surface area (Å²) in [7, 11) is 0. The van der Waals surface area contributed by atoms with Crippen molar-refractivity contribution in [3.63, 3.8) is 0 Å². The first-order valence-electron chi connectivity index (χ1n) is 39.5. The molecular weight excluding hydrogens is 1600 g/mol. The lowest BCUT2D eigenvalue weighted by molar-refractivity contribution is 0.0213. The summed E-state index contributed by atoms with van der Waals surface area (Å²) in [5, 5.41) is 91.3. The second kappa shape index (κ2) is 37.6. The van der Waals surface area contributed by atoms with Crippen molar-refractivity contribution in [1.29, 1.82) is 0 Å². The molecule has 3 fully saturated rings.